The molecule has 4 nitrogen and oxygen atoms in total. The Morgan fingerprint density at radius 1 is 1.30 bits per heavy atom. The summed E-state index contributed by atoms with van der Waals surface area (Å²) in [7, 11) is 0. The van der Waals surface area contributed by atoms with Gasteiger partial charge in [0.05, 0.1) is 17.9 Å². The number of amides is 1. The highest BCUT2D eigenvalue weighted by molar-refractivity contribution is 7.07. The van der Waals surface area contributed by atoms with Gasteiger partial charge in [0.25, 0.3) is 0 Å². The zero-order valence-corrected chi connectivity index (χ0v) is 11.9. The smallest absolute Gasteiger partial charge is 0.231 e. The molecule has 1 amide bonds. The van der Waals surface area contributed by atoms with E-state index in [4.69, 9.17) is 4.42 Å². The first kappa shape index (κ1) is 12.2. The van der Waals surface area contributed by atoms with Gasteiger partial charge in [0.15, 0.2) is 0 Å². The number of furan rings is 1. The average molecular weight is 288 g/mol. The zero-order chi connectivity index (χ0) is 13.5. The first-order valence-corrected chi connectivity index (χ1v) is 7.82. The maximum absolute atomic E-state index is 12.5. The van der Waals surface area contributed by atoms with Crippen molar-refractivity contribution < 1.29 is 9.21 Å². The van der Waals surface area contributed by atoms with Gasteiger partial charge in [-0.3, -0.25) is 9.69 Å². The van der Waals surface area contributed by atoms with Gasteiger partial charge < -0.3 is 9.32 Å². The predicted molar refractivity (Wildman–Crippen MR) is 77.6 cm³/mol. The van der Waals surface area contributed by atoms with E-state index in [-0.39, 0.29) is 11.8 Å². The first-order chi connectivity index (χ1) is 9.81. The van der Waals surface area contributed by atoms with Gasteiger partial charge in [0.2, 0.25) is 5.91 Å². The molecule has 0 unspecified atom stereocenters. The molecular formula is C15H16N2O2S. The van der Waals surface area contributed by atoms with Crippen LogP contribution in [0.2, 0.25) is 0 Å². The van der Waals surface area contributed by atoms with Crippen LogP contribution in [0, 0.1) is 11.8 Å². The molecule has 20 heavy (non-hydrogen) atoms. The molecule has 4 rings (SSSR count). The van der Waals surface area contributed by atoms with Gasteiger partial charge in [-0.05, 0) is 22.4 Å². The Morgan fingerprint density at radius 2 is 2.25 bits per heavy atom. The summed E-state index contributed by atoms with van der Waals surface area (Å²) in [6, 6.07) is 4.03. The van der Waals surface area contributed by atoms with Crippen LogP contribution in [-0.4, -0.2) is 30.4 Å². The minimum Gasteiger partial charge on any atom is -0.470 e. The normalized spacial score (nSPS) is 26.4. The summed E-state index contributed by atoms with van der Waals surface area (Å²) >= 11 is 1.73. The van der Waals surface area contributed by atoms with E-state index in [1.165, 1.54) is 5.56 Å². The van der Waals surface area contributed by atoms with E-state index in [0.717, 1.165) is 31.9 Å². The van der Waals surface area contributed by atoms with Crippen LogP contribution in [0.25, 0.3) is 0 Å². The second-order valence-electron chi connectivity index (χ2n) is 5.62. The summed E-state index contributed by atoms with van der Waals surface area (Å²) in [4.78, 5) is 16.8. The van der Waals surface area contributed by atoms with E-state index < -0.39 is 0 Å². The van der Waals surface area contributed by atoms with Gasteiger partial charge in [-0.2, -0.15) is 11.3 Å². The molecule has 4 heterocycles. The van der Waals surface area contributed by atoms with E-state index in [0.29, 0.717) is 5.92 Å². The lowest BCUT2D eigenvalue weighted by atomic mass is 10.0. The lowest BCUT2D eigenvalue weighted by molar-refractivity contribution is -0.120. The largest absolute Gasteiger partial charge is 0.470 e. The van der Waals surface area contributed by atoms with Crippen molar-refractivity contribution in [2.75, 3.05) is 24.5 Å². The summed E-state index contributed by atoms with van der Waals surface area (Å²) in [6.45, 7) is 3.69. The Balaban J connectivity index is 1.45. The fraction of sp³-hybridized carbons (Fsp3) is 0.400. The van der Waals surface area contributed by atoms with Crippen molar-refractivity contribution in [3.8, 4) is 0 Å². The molecular weight excluding hydrogens is 272 g/mol. The van der Waals surface area contributed by atoms with Gasteiger partial charge in [0.1, 0.15) is 6.26 Å². The summed E-state index contributed by atoms with van der Waals surface area (Å²) in [5.74, 6) is 0.865. The van der Waals surface area contributed by atoms with Crippen molar-refractivity contribution in [1.82, 2.24) is 4.90 Å². The first-order valence-electron chi connectivity index (χ1n) is 6.88. The minimum atomic E-state index is 0.156. The molecule has 0 N–H and O–H groups in total. The van der Waals surface area contributed by atoms with Crippen molar-refractivity contribution in [1.29, 1.82) is 0 Å². The third-order valence-corrected chi connectivity index (χ3v) is 5.05. The maximum atomic E-state index is 12.5. The average Bonchev–Trinajstić information content (AvgIpc) is 3.17. The Hall–Kier alpha value is -1.59. The van der Waals surface area contributed by atoms with Gasteiger partial charge in [-0.15, -0.1) is 0 Å². The molecule has 2 aromatic rings. The standard InChI is InChI=1S/C15H16N2O2S/c18-15-14-8-16(5-11-2-4-20-10-11)6-12(14)7-17(15)13-1-3-19-9-13/h1-4,9-10,12,14H,5-8H2/t12-,14-/m0/s1. The topological polar surface area (TPSA) is 36.7 Å². The molecule has 2 fully saturated rings. The van der Waals surface area contributed by atoms with Crippen molar-refractivity contribution in [2.45, 2.75) is 6.54 Å². The highest BCUT2D eigenvalue weighted by atomic mass is 32.1. The molecule has 0 bridgehead atoms. The number of carbonyl (C=O) groups is 1. The number of anilines is 1. The number of thiophene rings is 1. The van der Waals surface area contributed by atoms with Crippen molar-refractivity contribution in [2.24, 2.45) is 11.8 Å². The quantitative estimate of drug-likeness (QED) is 0.870. The van der Waals surface area contributed by atoms with E-state index >= 15 is 0 Å². The number of nitrogens with zero attached hydrogens (tertiary/aromatic N) is 2. The lowest BCUT2D eigenvalue weighted by Gasteiger charge is -2.20. The van der Waals surface area contributed by atoms with E-state index in [9.17, 15) is 4.79 Å². The summed E-state index contributed by atoms with van der Waals surface area (Å²) in [6.07, 6.45) is 3.28. The zero-order valence-electron chi connectivity index (χ0n) is 11.1. The Morgan fingerprint density at radius 3 is 2.95 bits per heavy atom. The lowest BCUT2D eigenvalue weighted by Crippen LogP contribution is -2.32. The van der Waals surface area contributed by atoms with Crippen LogP contribution in [0.5, 0.6) is 0 Å². The summed E-state index contributed by atoms with van der Waals surface area (Å²) in [5.41, 5.74) is 2.25. The Labute approximate surface area is 121 Å². The number of fused-ring (bicyclic) bond motifs is 1. The highest BCUT2D eigenvalue weighted by Crippen LogP contribution is 2.35. The van der Waals surface area contributed by atoms with Crippen LogP contribution < -0.4 is 4.90 Å². The number of hydrogen-bond acceptors (Lipinski definition) is 4. The Bertz CT molecular complexity index is 593. The van der Waals surface area contributed by atoms with Crippen LogP contribution >= 0.6 is 11.3 Å². The van der Waals surface area contributed by atoms with Crippen molar-refractivity contribution >= 4 is 22.9 Å². The monoisotopic (exact) mass is 288 g/mol. The molecule has 104 valence electrons. The van der Waals surface area contributed by atoms with Crippen molar-refractivity contribution in [3.63, 3.8) is 0 Å². The third-order valence-electron chi connectivity index (χ3n) is 4.32. The number of hydrogen-bond donors (Lipinski definition) is 0. The number of likely N-dealkylation sites (tertiary alicyclic amines) is 1. The fourth-order valence-corrected chi connectivity index (χ4v) is 4.02. The third kappa shape index (κ3) is 1.98. The maximum Gasteiger partial charge on any atom is 0.231 e. The molecule has 0 spiro atoms. The Kier molecular flexibility index (Phi) is 2.89. The molecule has 0 saturated carbocycles. The van der Waals surface area contributed by atoms with Crippen LogP contribution in [-0.2, 0) is 11.3 Å². The minimum absolute atomic E-state index is 0.156. The second kappa shape index (κ2) is 4.75. The summed E-state index contributed by atoms with van der Waals surface area (Å²) in [5, 5.41) is 4.30. The molecule has 2 atom stereocenters. The van der Waals surface area contributed by atoms with Crippen molar-refractivity contribution in [3.05, 3.63) is 41.0 Å². The molecule has 2 aliphatic heterocycles. The second-order valence-corrected chi connectivity index (χ2v) is 6.40. The molecule has 2 aromatic heterocycles. The van der Waals surface area contributed by atoms with E-state index in [1.54, 1.807) is 23.9 Å². The van der Waals surface area contributed by atoms with Crippen LogP contribution in [0.3, 0.4) is 0 Å². The van der Waals surface area contributed by atoms with E-state index in [1.807, 2.05) is 11.0 Å². The van der Waals surface area contributed by atoms with Crippen LogP contribution in [0.4, 0.5) is 5.69 Å². The molecule has 2 aliphatic rings. The van der Waals surface area contributed by atoms with E-state index in [2.05, 4.69) is 21.7 Å². The molecule has 5 heteroatoms. The molecule has 0 aliphatic carbocycles. The van der Waals surface area contributed by atoms with Crippen LogP contribution in [0.15, 0.2) is 39.8 Å². The SMILES string of the molecule is O=C1[C@H]2CN(Cc3ccsc3)C[C@H]2CN1c1ccoc1. The highest BCUT2D eigenvalue weighted by Gasteiger charge is 2.46. The summed E-state index contributed by atoms with van der Waals surface area (Å²) < 4.78 is 5.09. The molecule has 0 radical (unpaired) electrons. The number of rotatable bonds is 3. The molecule has 2 saturated heterocycles. The molecule has 0 aromatic carbocycles. The van der Waals surface area contributed by atoms with Gasteiger partial charge >= 0.3 is 0 Å². The van der Waals surface area contributed by atoms with Gasteiger partial charge in [-0.1, -0.05) is 0 Å². The number of carbonyl (C=O) groups excluding carboxylic acids is 1. The fourth-order valence-electron chi connectivity index (χ4n) is 3.36. The predicted octanol–water partition coefficient (Wildman–Crippen LogP) is 2.44. The van der Waals surface area contributed by atoms with Gasteiger partial charge in [0, 0.05) is 38.2 Å². The van der Waals surface area contributed by atoms with Crippen LogP contribution in [0.1, 0.15) is 5.56 Å². The van der Waals surface area contributed by atoms with Gasteiger partial charge in [-0.25, -0.2) is 0 Å².